The molecule has 3 rings (SSSR count). The number of aromatic nitrogens is 3. The molecule has 1 aliphatic carbocycles. The number of hydrogen-bond donors (Lipinski definition) is 0. The summed E-state index contributed by atoms with van der Waals surface area (Å²) in [6, 6.07) is 10.1. The van der Waals surface area contributed by atoms with Gasteiger partial charge in [0, 0.05) is 11.3 Å². The number of nitrogens with zero attached hydrogens (tertiary/aromatic N) is 3. The van der Waals surface area contributed by atoms with Crippen LogP contribution in [0.5, 0.6) is 0 Å². The van der Waals surface area contributed by atoms with Crippen molar-refractivity contribution in [2.75, 3.05) is 0 Å². The van der Waals surface area contributed by atoms with Gasteiger partial charge in [-0.05, 0) is 25.0 Å². The lowest BCUT2D eigenvalue weighted by atomic mass is 9.86. The van der Waals surface area contributed by atoms with E-state index in [4.69, 9.17) is 11.6 Å². The molecule has 1 aromatic carbocycles. The van der Waals surface area contributed by atoms with Crippen LogP contribution in [0.1, 0.15) is 37.3 Å². The summed E-state index contributed by atoms with van der Waals surface area (Å²) in [5, 5.41) is 8.47. The van der Waals surface area contributed by atoms with Crippen molar-refractivity contribution in [3.63, 3.8) is 0 Å². The SMILES string of the molecule is ClC1CCCCC1c1cnnn1-c1ccccc1. The zero-order chi connectivity index (χ0) is 12.4. The third-order valence-electron chi connectivity index (χ3n) is 3.64. The van der Waals surface area contributed by atoms with E-state index in [0.717, 1.165) is 24.2 Å². The minimum Gasteiger partial charge on any atom is -0.217 e. The summed E-state index contributed by atoms with van der Waals surface area (Å²) < 4.78 is 1.92. The molecule has 1 heterocycles. The van der Waals surface area contributed by atoms with E-state index in [1.165, 1.54) is 12.8 Å². The first-order valence-corrected chi connectivity index (χ1v) is 6.90. The minimum absolute atomic E-state index is 0.208. The van der Waals surface area contributed by atoms with Gasteiger partial charge < -0.3 is 0 Å². The number of alkyl halides is 1. The third kappa shape index (κ3) is 2.15. The Bertz CT molecular complexity index is 509. The van der Waals surface area contributed by atoms with Gasteiger partial charge in [-0.2, -0.15) is 0 Å². The van der Waals surface area contributed by atoms with Crippen molar-refractivity contribution in [1.29, 1.82) is 0 Å². The highest BCUT2D eigenvalue weighted by molar-refractivity contribution is 6.21. The van der Waals surface area contributed by atoms with Gasteiger partial charge in [0.1, 0.15) is 0 Å². The Morgan fingerprint density at radius 1 is 1.11 bits per heavy atom. The Labute approximate surface area is 112 Å². The lowest BCUT2D eigenvalue weighted by Crippen LogP contribution is -2.20. The number of para-hydroxylation sites is 1. The van der Waals surface area contributed by atoms with Gasteiger partial charge in [-0.1, -0.05) is 36.3 Å². The summed E-state index contributed by atoms with van der Waals surface area (Å²) in [5.41, 5.74) is 2.19. The maximum atomic E-state index is 6.46. The monoisotopic (exact) mass is 261 g/mol. The highest BCUT2D eigenvalue weighted by atomic mass is 35.5. The molecule has 1 aliphatic rings. The zero-order valence-electron chi connectivity index (χ0n) is 10.2. The zero-order valence-corrected chi connectivity index (χ0v) is 10.9. The van der Waals surface area contributed by atoms with E-state index in [1.807, 2.05) is 41.2 Å². The minimum atomic E-state index is 0.208. The van der Waals surface area contributed by atoms with Gasteiger partial charge >= 0.3 is 0 Å². The highest BCUT2D eigenvalue weighted by Crippen LogP contribution is 2.36. The first kappa shape index (κ1) is 11.7. The van der Waals surface area contributed by atoms with Crippen molar-refractivity contribution in [2.24, 2.45) is 0 Å². The van der Waals surface area contributed by atoms with Crippen LogP contribution in [0.2, 0.25) is 0 Å². The molecule has 0 aliphatic heterocycles. The average Bonchev–Trinajstić information content (AvgIpc) is 2.89. The molecule has 1 aromatic heterocycles. The molecule has 4 heteroatoms. The molecule has 2 aromatic rings. The Morgan fingerprint density at radius 2 is 1.89 bits per heavy atom. The number of rotatable bonds is 2. The van der Waals surface area contributed by atoms with E-state index in [0.29, 0.717) is 5.92 Å². The predicted molar refractivity (Wildman–Crippen MR) is 72.2 cm³/mol. The second-order valence-corrected chi connectivity index (χ2v) is 5.37. The first-order valence-electron chi connectivity index (χ1n) is 6.46. The molecular weight excluding hydrogens is 246 g/mol. The summed E-state index contributed by atoms with van der Waals surface area (Å²) in [6.45, 7) is 0. The lowest BCUT2D eigenvalue weighted by molar-refractivity contribution is 0.436. The predicted octanol–water partition coefficient (Wildman–Crippen LogP) is 3.53. The van der Waals surface area contributed by atoms with Crippen LogP contribution in [-0.4, -0.2) is 20.4 Å². The van der Waals surface area contributed by atoms with Crippen LogP contribution in [0.15, 0.2) is 36.5 Å². The van der Waals surface area contributed by atoms with Gasteiger partial charge in [0.2, 0.25) is 0 Å². The quantitative estimate of drug-likeness (QED) is 0.775. The first-order chi connectivity index (χ1) is 8.86. The molecular formula is C14H16ClN3. The summed E-state index contributed by atoms with van der Waals surface area (Å²) in [6.07, 6.45) is 6.56. The van der Waals surface area contributed by atoms with Crippen molar-refractivity contribution < 1.29 is 0 Å². The topological polar surface area (TPSA) is 30.7 Å². The van der Waals surface area contributed by atoms with E-state index < -0.39 is 0 Å². The van der Waals surface area contributed by atoms with Gasteiger partial charge in [-0.3, -0.25) is 0 Å². The van der Waals surface area contributed by atoms with E-state index in [-0.39, 0.29) is 5.38 Å². The molecule has 0 radical (unpaired) electrons. The molecule has 2 unspecified atom stereocenters. The smallest absolute Gasteiger partial charge is 0.0733 e. The number of benzene rings is 1. The largest absolute Gasteiger partial charge is 0.217 e. The van der Waals surface area contributed by atoms with E-state index in [2.05, 4.69) is 10.3 Å². The second kappa shape index (κ2) is 5.11. The normalized spacial score (nSPS) is 24.1. The maximum Gasteiger partial charge on any atom is 0.0733 e. The standard InChI is InChI=1S/C14H16ClN3/c15-13-9-5-4-8-12(13)14-10-16-17-18(14)11-6-2-1-3-7-11/h1-3,6-7,10,12-13H,4-5,8-9H2. The number of halogens is 1. The van der Waals surface area contributed by atoms with E-state index in [9.17, 15) is 0 Å². The molecule has 2 atom stereocenters. The fourth-order valence-corrected chi connectivity index (χ4v) is 3.09. The van der Waals surface area contributed by atoms with Crippen molar-refractivity contribution in [3.05, 3.63) is 42.2 Å². The maximum absolute atomic E-state index is 6.46. The van der Waals surface area contributed by atoms with Crippen molar-refractivity contribution >= 4 is 11.6 Å². The average molecular weight is 262 g/mol. The molecule has 0 N–H and O–H groups in total. The van der Waals surface area contributed by atoms with Crippen LogP contribution in [0, 0.1) is 0 Å². The molecule has 3 nitrogen and oxygen atoms in total. The number of hydrogen-bond acceptors (Lipinski definition) is 2. The summed E-state index contributed by atoms with van der Waals surface area (Å²) >= 11 is 6.46. The van der Waals surface area contributed by atoms with Gasteiger partial charge in [-0.25, -0.2) is 4.68 Å². The lowest BCUT2D eigenvalue weighted by Gasteiger charge is -2.27. The summed E-state index contributed by atoms with van der Waals surface area (Å²) in [7, 11) is 0. The summed E-state index contributed by atoms with van der Waals surface area (Å²) in [5.74, 6) is 0.371. The highest BCUT2D eigenvalue weighted by Gasteiger charge is 2.28. The molecule has 1 saturated carbocycles. The van der Waals surface area contributed by atoms with Crippen LogP contribution in [0.3, 0.4) is 0 Å². The molecule has 0 amide bonds. The molecule has 94 valence electrons. The fraction of sp³-hybridized carbons (Fsp3) is 0.429. The molecule has 0 saturated heterocycles. The Morgan fingerprint density at radius 3 is 2.67 bits per heavy atom. The van der Waals surface area contributed by atoms with Gasteiger partial charge in [0.15, 0.2) is 0 Å². The Balaban J connectivity index is 1.96. The molecule has 18 heavy (non-hydrogen) atoms. The van der Waals surface area contributed by atoms with Crippen LogP contribution >= 0.6 is 11.6 Å². The molecule has 0 bridgehead atoms. The molecule has 0 spiro atoms. The molecule has 1 fully saturated rings. The van der Waals surface area contributed by atoms with E-state index >= 15 is 0 Å². The van der Waals surface area contributed by atoms with Gasteiger partial charge in [-0.15, -0.1) is 16.7 Å². The fourth-order valence-electron chi connectivity index (χ4n) is 2.68. The second-order valence-electron chi connectivity index (χ2n) is 4.81. The Hall–Kier alpha value is -1.35. The van der Waals surface area contributed by atoms with Crippen LogP contribution < -0.4 is 0 Å². The third-order valence-corrected chi connectivity index (χ3v) is 4.16. The Kier molecular flexibility index (Phi) is 3.33. The van der Waals surface area contributed by atoms with Gasteiger partial charge in [0.25, 0.3) is 0 Å². The van der Waals surface area contributed by atoms with Crippen LogP contribution in [0.25, 0.3) is 5.69 Å². The van der Waals surface area contributed by atoms with Gasteiger partial charge in [0.05, 0.1) is 17.6 Å². The van der Waals surface area contributed by atoms with Crippen molar-refractivity contribution in [1.82, 2.24) is 15.0 Å². The van der Waals surface area contributed by atoms with Crippen molar-refractivity contribution in [3.8, 4) is 5.69 Å². The van der Waals surface area contributed by atoms with Crippen molar-refractivity contribution in [2.45, 2.75) is 37.0 Å². The summed E-state index contributed by atoms with van der Waals surface area (Å²) in [4.78, 5) is 0. The van der Waals surface area contributed by atoms with Crippen LogP contribution in [0.4, 0.5) is 0 Å². The van der Waals surface area contributed by atoms with E-state index in [1.54, 1.807) is 0 Å². The van der Waals surface area contributed by atoms with Crippen LogP contribution in [-0.2, 0) is 0 Å².